The number of nitrogens with one attached hydrogen (secondary N) is 1. The average Bonchev–Trinajstić information content (AvgIpc) is 2.48. The van der Waals surface area contributed by atoms with Gasteiger partial charge >= 0.3 is 0 Å². The highest BCUT2D eigenvalue weighted by molar-refractivity contribution is 5.92. The highest BCUT2D eigenvalue weighted by atomic mass is 16.1. The molecule has 1 aromatic rings. The molecule has 3 N–H and O–H groups in total. The summed E-state index contributed by atoms with van der Waals surface area (Å²) in [6.45, 7) is 2.34. The third kappa shape index (κ3) is 4.91. The van der Waals surface area contributed by atoms with Crippen LogP contribution in [0.15, 0.2) is 18.2 Å². The van der Waals surface area contributed by atoms with E-state index in [2.05, 4.69) is 17.2 Å². The Morgan fingerprint density at radius 3 is 2.81 bits per heavy atom. The molecule has 0 saturated heterocycles. The molecular weight excluding hydrogens is 260 g/mol. The summed E-state index contributed by atoms with van der Waals surface area (Å²) in [4.78, 5) is 12.2. The Kier molecular flexibility index (Phi) is 5.83. The van der Waals surface area contributed by atoms with Gasteiger partial charge in [-0.25, -0.2) is 0 Å². The van der Waals surface area contributed by atoms with Crippen LogP contribution in [0.5, 0.6) is 0 Å². The van der Waals surface area contributed by atoms with Gasteiger partial charge < -0.3 is 11.1 Å². The van der Waals surface area contributed by atoms with Crippen LogP contribution in [-0.2, 0) is 4.79 Å². The summed E-state index contributed by atoms with van der Waals surface area (Å²) in [6.07, 6.45) is 6.82. The Labute approximate surface area is 127 Å². The second-order valence-electron chi connectivity index (χ2n) is 5.81. The number of carbonyl (C=O) groups is 1. The minimum absolute atomic E-state index is 0.0987. The van der Waals surface area contributed by atoms with E-state index < -0.39 is 0 Å². The van der Waals surface area contributed by atoms with Crippen molar-refractivity contribution in [2.75, 3.05) is 11.9 Å². The van der Waals surface area contributed by atoms with Crippen molar-refractivity contribution in [3.63, 3.8) is 0 Å². The molecule has 1 aromatic carbocycles. The minimum Gasteiger partial charge on any atom is -0.325 e. The molecule has 0 unspecified atom stereocenters. The Bertz CT molecular complexity index is 548. The van der Waals surface area contributed by atoms with Crippen molar-refractivity contribution in [1.82, 2.24) is 0 Å². The van der Waals surface area contributed by atoms with E-state index in [1.54, 1.807) is 0 Å². The molecule has 0 heterocycles. The molecule has 1 aliphatic carbocycles. The van der Waals surface area contributed by atoms with Gasteiger partial charge in [-0.15, -0.1) is 0 Å². The number of benzene rings is 1. The zero-order valence-electron chi connectivity index (χ0n) is 12.7. The number of hydrogen-bond donors (Lipinski definition) is 2. The first kappa shape index (κ1) is 15.6. The molecule has 2 rings (SSSR count). The van der Waals surface area contributed by atoms with Crippen molar-refractivity contribution in [3.05, 3.63) is 29.3 Å². The average molecular weight is 284 g/mol. The van der Waals surface area contributed by atoms with Gasteiger partial charge in [0.2, 0.25) is 5.91 Å². The molecule has 1 fully saturated rings. The highest BCUT2D eigenvalue weighted by Crippen LogP contribution is 2.27. The molecule has 0 spiro atoms. The molecule has 0 atom stereocenters. The smallest absolute Gasteiger partial charge is 0.224 e. The number of hydrogen-bond acceptors (Lipinski definition) is 2. The molecule has 3 nitrogen and oxygen atoms in total. The van der Waals surface area contributed by atoms with E-state index in [0.29, 0.717) is 18.9 Å². The number of anilines is 1. The first-order chi connectivity index (χ1) is 10.2. The molecule has 0 aromatic heterocycles. The van der Waals surface area contributed by atoms with Gasteiger partial charge in [0.15, 0.2) is 0 Å². The molecule has 0 bridgehead atoms. The van der Waals surface area contributed by atoms with E-state index in [0.717, 1.165) is 16.8 Å². The summed E-state index contributed by atoms with van der Waals surface area (Å²) in [5.41, 5.74) is 8.19. The summed E-state index contributed by atoms with van der Waals surface area (Å²) in [7, 11) is 0. The lowest BCUT2D eigenvalue weighted by molar-refractivity contribution is -0.117. The predicted molar refractivity (Wildman–Crippen MR) is 86.9 cm³/mol. The van der Waals surface area contributed by atoms with Gasteiger partial charge in [0.25, 0.3) is 0 Å². The Morgan fingerprint density at radius 2 is 2.10 bits per heavy atom. The van der Waals surface area contributed by atoms with E-state index in [-0.39, 0.29) is 5.91 Å². The molecule has 1 saturated carbocycles. The van der Waals surface area contributed by atoms with Crippen molar-refractivity contribution >= 4 is 11.6 Å². The number of aryl methyl sites for hydroxylation is 1. The molecule has 0 radical (unpaired) electrons. The minimum atomic E-state index is 0.0987. The van der Waals surface area contributed by atoms with Gasteiger partial charge in [0.1, 0.15) is 0 Å². The molecule has 0 aliphatic heterocycles. The largest absolute Gasteiger partial charge is 0.325 e. The molecule has 112 valence electrons. The number of carbonyl (C=O) groups excluding carboxylic acids is 1. The SMILES string of the molecule is Cc1ccc(NC(=O)CC2CCCCC2)c(C#CCN)c1. The zero-order valence-corrected chi connectivity index (χ0v) is 12.7. The monoisotopic (exact) mass is 284 g/mol. The van der Waals surface area contributed by atoms with E-state index in [4.69, 9.17) is 5.73 Å². The summed E-state index contributed by atoms with van der Waals surface area (Å²) < 4.78 is 0. The quantitative estimate of drug-likeness (QED) is 0.837. The van der Waals surface area contributed by atoms with Gasteiger partial charge in [-0.05, 0) is 43.4 Å². The van der Waals surface area contributed by atoms with Crippen molar-refractivity contribution in [2.24, 2.45) is 11.7 Å². The second kappa shape index (κ2) is 7.85. The lowest BCUT2D eigenvalue weighted by Gasteiger charge is -2.21. The third-order valence-corrected chi connectivity index (χ3v) is 3.97. The maximum Gasteiger partial charge on any atom is 0.224 e. The van der Waals surface area contributed by atoms with Crippen molar-refractivity contribution < 1.29 is 4.79 Å². The zero-order chi connectivity index (χ0) is 15.1. The van der Waals surface area contributed by atoms with Crippen LogP contribution in [0.2, 0.25) is 0 Å². The van der Waals surface area contributed by atoms with Crippen LogP contribution in [0.1, 0.15) is 49.7 Å². The van der Waals surface area contributed by atoms with Gasteiger partial charge in [-0.3, -0.25) is 4.79 Å². The fourth-order valence-electron chi connectivity index (χ4n) is 2.87. The van der Waals surface area contributed by atoms with Crippen LogP contribution in [0.25, 0.3) is 0 Å². The highest BCUT2D eigenvalue weighted by Gasteiger charge is 2.17. The molecule has 3 heteroatoms. The number of amides is 1. The van der Waals surface area contributed by atoms with Gasteiger partial charge in [-0.1, -0.05) is 37.2 Å². The van der Waals surface area contributed by atoms with Gasteiger partial charge in [-0.2, -0.15) is 0 Å². The van der Waals surface area contributed by atoms with E-state index >= 15 is 0 Å². The third-order valence-electron chi connectivity index (χ3n) is 3.97. The Balaban J connectivity index is 2.02. The topological polar surface area (TPSA) is 55.1 Å². The summed E-state index contributed by atoms with van der Waals surface area (Å²) in [5, 5.41) is 3.01. The van der Waals surface area contributed by atoms with E-state index in [9.17, 15) is 4.79 Å². The first-order valence-corrected chi connectivity index (χ1v) is 7.78. The van der Waals surface area contributed by atoms with Crippen LogP contribution in [-0.4, -0.2) is 12.5 Å². The van der Waals surface area contributed by atoms with E-state index in [1.807, 2.05) is 25.1 Å². The predicted octanol–water partition coefficient (Wildman–Crippen LogP) is 3.21. The van der Waals surface area contributed by atoms with Crippen molar-refractivity contribution in [2.45, 2.75) is 45.4 Å². The lowest BCUT2D eigenvalue weighted by Crippen LogP contribution is -2.18. The van der Waals surface area contributed by atoms with Crippen molar-refractivity contribution in [3.8, 4) is 11.8 Å². The fourth-order valence-corrected chi connectivity index (χ4v) is 2.87. The van der Waals surface area contributed by atoms with Crippen molar-refractivity contribution in [1.29, 1.82) is 0 Å². The van der Waals surface area contributed by atoms with Crippen LogP contribution < -0.4 is 11.1 Å². The van der Waals surface area contributed by atoms with Crippen LogP contribution in [0, 0.1) is 24.7 Å². The normalized spacial score (nSPS) is 15.1. The maximum atomic E-state index is 12.2. The number of rotatable bonds is 3. The summed E-state index contributed by atoms with van der Waals surface area (Å²) >= 11 is 0. The fraction of sp³-hybridized carbons (Fsp3) is 0.500. The molecule has 21 heavy (non-hydrogen) atoms. The second-order valence-corrected chi connectivity index (χ2v) is 5.81. The summed E-state index contributed by atoms with van der Waals surface area (Å²) in [6, 6.07) is 5.90. The van der Waals surface area contributed by atoms with E-state index in [1.165, 1.54) is 32.1 Å². The van der Waals surface area contributed by atoms with Crippen LogP contribution in [0.4, 0.5) is 5.69 Å². The standard InChI is InChI=1S/C18H24N2O/c1-14-9-10-17(16(12-14)8-5-11-19)20-18(21)13-15-6-3-2-4-7-15/h9-10,12,15H,2-4,6-7,11,13,19H2,1H3,(H,20,21). The molecule has 1 aliphatic rings. The van der Waals surface area contributed by atoms with Crippen LogP contribution in [0.3, 0.4) is 0 Å². The Morgan fingerprint density at radius 1 is 1.33 bits per heavy atom. The number of nitrogens with two attached hydrogens (primary N) is 1. The summed E-state index contributed by atoms with van der Waals surface area (Å²) in [5.74, 6) is 6.53. The molecule has 1 amide bonds. The lowest BCUT2D eigenvalue weighted by atomic mass is 9.87. The Hall–Kier alpha value is -1.79. The van der Waals surface area contributed by atoms with Gasteiger partial charge in [0.05, 0.1) is 12.2 Å². The first-order valence-electron chi connectivity index (χ1n) is 7.78. The molecular formula is C18H24N2O. The van der Waals surface area contributed by atoms with Crippen LogP contribution >= 0.6 is 0 Å². The maximum absolute atomic E-state index is 12.2. The van der Waals surface area contributed by atoms with Gasteiger partial charge in [0, 0.05) is 12.0 Å².